The van der Waals surface area contributed by atoms with Crippen LogP contribution in [0.15, 0.2) is 30.3 Å². The number of nitrogens with zero attached hydrogens (tertiary/aromatic N) is 1. The maximum absolute atomic E-state index is 11.1. The molecule has 2 atom stereocenters. The summed E-state index contributed by atoms with van der Waals surface area (Å²) in [5.41, 5.74) is 1.06. The molecular weight excluding hydrogens is 242 g/mol. The van der Waals surface area contributed by atoms with E-state index in [-0.39, 0.29) is 11.8 Å². The van der Waals surface area contributed by atoms with Gasteiger partial charge in [-0.05, 0) is 31.4 Å². The minimum absolute atomic E-state index is 0.235. The van der Waals surface area contributed by atoms with E-state index < -0.39 is 6.10 Å². The van der Waals surface area contributed by atoms with Crippen LogP contribution in [0.1, 0.15) is 29.8 Å². The Labute approximate surface area is 111 Å². The van der Waals surface area contributed by atoms with Crippen LogP contribution in [-0.2, 0) is 0 Å². The number of hydrogen-bond acceptors (Lipinski definition) is 4. The van der Waals surface area contributed by atoms with E-state index in [1.54, 1.807) is 0 Å². The molecule has 1 aliphatic carbocycles. The average molecular weight is 257 g/mol. The Bertz CT molecular complexity index is 611. The molecule has 0 aliphatic heterocycles. The summed E-state index contributed by atoms with van der Waals surface area (Å²) in [5.74, 6) is 0.458. The number of aromatic nitrogens is 1. The van der Waals surface area contributed by atoms with E-state index in [1.807, 2.05) is 30.3 Å². The molecule has 1 N–H and O–H groups in total. The Hall–Kier alpha value is -1.94. The van der Waals surface area contributed by atoms with E-state index in [1.165, 1.54) is 0 Å². The SMILES string of the molecule is O=Cc1nc2ccccc2cc1O[C@@H]1CCC[C@H]1O. The molecule has 2 aromatic rings. The Morgan fingerprint density at radius 3 is 2.89 bits per heavy atom. The second kappa shape index (κ2) is 4.97. The van der Waals surface area contributed by atoms with Crippen LogP contribution in [0.3, 0.4) is 0 Å². The monoisotopic (exact) mass is 257 g/mol. The number of ether oxygens (including phenoxy) is 1. The van der Waals surface area contributed by atoms with Gasteiger partial charge >= 0.3 is 0 Å². The van der Waals surface area contributed by atoms with Crippen LogP contribution in [-0.4, -0.2) is 28.6 Å². The topological polar surface area (TPSA) is 59.4 Å². The molecule has 0 amide bonds. The molecule has 0 unspecified atom stereocenters. The number of aliphatic hydroxyl groups is 1. The fourth-order valence-electron chi connectivity index (χ4n) is 2.50. The highest BCUT2D eigenvalue weighted by atomic mass is 16.5. The Morgan fingerprint density at radius 1 is 1.32 bits per heavy atom. The molecule has 0 saturated heterocycles. The van der Waals surface area contributed by atoms with Gasteiger partial charge in [0.05, 0.1) is 11.6 Å². The lowest BCUT2D eigenvalue weighted by Crippen LogP contribution is -2.26. The van der Waals surface area contributed by atoms with Crippen molar-refractivity contribution in [3.05, 3.63) is 36.0 Å². The largest absolute Gasteiger partial charge is 0.485 e. The van der Waals surface area contributed by atoms with Crippen LogP contribution < -0.4 is 4.74 Å². The summed E-state index contributed by atoms with van der Waals surface area (Å²) in [6.45, 7) is 0. The van der Waals surface area contributed by atoms with E-state index >= 15 is 0 Å². The standard InChI is InChI=1S/C15H15NO3/c17-9-12-15(19-14-7-3-6-13(14)18)8-10-4-1-2-5-11(10)16-12/h1-2,4-5,8-9,13-14,18H,3,6-7H2/t13-,14-/m1/s1. The predicted octanol–water partition coefficient (Wildman–Crippen LogP) is 2.34. The van der Waals surface area contributed by atoms with Gasteiger partial charge in [-0.2, -0.15) is 0 Å². The summed E-state index contributed by atoms with van der Waals surface area (Å²) in [4.78, 5) is 15.4. The first-order chi connectivity index (χ1) is 9.28. The third-order valence-corrected chi connectivity index (χ3v) is 3.52. The van der Waals surface area contributed by atoms with Crippen LogP contribution >= 0.6 is 0 Å². The van der Waals surface area contributed by atoms with Crippen molar-refractivity contribution in [2.24, 2.45) is 0 Å². The predicted molar refractivity (Wildman–Crippen MR) is 71.4 cm³/mol. The molecule has 4 nitrogen and oxygen atoms in total. The second-order valence-corrected chi connectivity index (χ2v) is 4.84. The van der Waals surface area contributed by atoms with Gasteiger partial charge < -0.3 is 9.84 Å². The Kier molecular flexibility index (Phi) is 3.17. The van der Waals surface area contributed by atoms with Crippen LogP contribution in [0.4, 0.5) is 0 Å². The Balaban J connectivity index is 1.99. The zero-order valence-corrected chi connectivity index (χ0v) is 10.5. The van der Waals surface area contributed by atoms with Crippen LogP contribution in [0.25, 0.3) is 10.9 Å². The van der Waals surface area contributed by atoms with Gasteiger partial charge in [-0.15, -0.1) is 0 Å². The van der Waals surface area contributed by atoms with Gasteiger partial charge in [0.15, 0.2) is 6.29 Å². The molecule has 19 heavy (non-hydrogen) atoms. The van der Waals surface area contributed by atoms with Crippen molar-refractivity contribution in [3.63, 3.8) is 0 Å². The molecule has 1 aromatic heterocycles. The number of benzene rings is 1. The second-order valence-electron chi connectivity index (χ2n) is 4.84. The van der Waals surface area contributed by atoms with Crippen molar-refractivity contribution in [1.82, 2.24) is 4.98 Å². The normalized spacial score (nSPS) is 22.6. The number of aliphatic hydroxyl groups excluding tert-OH is 1. The number of pyridine rings is 1. The summed E-state index contributed by atoms with van der Waals surface area (Å²) in [6, 6.07) is 9.40. The van der Waals surface area contributed by atoms with Crippen molar-refractivity contribution in [1.29, 1.82) is 0 Å². The highest BCUT2D eigenvalue weighted by Crippen LogP contribution is 2.28. The van der Waals surface area contributed by atoms with Gasteiger partial charge in [-0.1, -0.05) is 18.2 Å². The first-order valence-corrected chi connectivity index (χ1v) is 6.47. The van der Waals surface area contributed by atoms with Crippen LogP contribution in [0, 0.1) is 0 Å². The lowest BCUT2D eigenvalue weighted by Gasteiger charge is -2.18. The van der Waals surface area contributed by atoms with Gasteiger partial charge in [0.25, 0.3) is 0 Å². The quantitative estimate of drug-likeness (QED) is 0.857. The minimum atomic E-state index is -0.453. The van der Waals surface area contributed by atoms with Crippen molar-refractivity contribution >= 4 is 17.2 Å². The number of carbonyl (C=O) groups excluding carboxylic acids is 1. The molecule has 1 aromatic carbocycles. The number of carbonyl (C=O) groups is 1. The van der Waals surface area contributed by atoms with Gasteiger partial charge in [0, 0.05) is 5.39 Å². The molecule has 4 heteroatoms. The van der Waals surface area contributed by atoms with E-state index in [4.69, 9.17) is 4.74 Å². The number of aldehydes is 1. The van der Waals surface area contributed by atoms with Crippen molar-refractivity contribution in [2.45, 2.75) is 31.5 Å². The summed E-state index contributed by atoms with van der Waals surface area (Å²) < 4.78 is 5.77. The van der Waals surface area contributed by atoms with Crippen LogP contribution in [0.5, 0.6) is 5.75 Å². The minimum Gasteiger partial charge on any atom is -0.485 e. The third kappa shape index (κ3) is 2.31. The Morgan fingerprint density at radius 2 is 2.16 bits per heavy atom. The summed E-state index contributed by atoms with van der Waals surface area (Å²) in [6.07, 6.45) is 2.52. The molecular formula is C15H15NO3. The van der Waals surface area contributed by atoms with Gasteiger partial charge in [0.2, 0.25) is 0 Å². The first-order valence-electron chi connectivity index (χ1n) is 6.47. The first kappa shape index (κ1) is 12.1. The highest BCUT2D eigenvalue weighted by Gasteiger charge is 2.27. The molecule has 1 heterocycles. The molecule has 1 aliphatic rings. The van der Waals surface area contributed by atoms with E-state index in [0.717, 1.165) is 30.2 Å². The molecule has 3 rings (SSSR count). The van der Waals surface area contributed by atoms with Gasteiger partial charge in [-0.3, -0.25) is 4.79 Å². The maximum Gasteiger partial charge on any atom is 0.172 e. The van der Waals surface area contributed by atoms with E-state index in [2.05, 4.69) is 4.98 Å². The van der Waals surface area contributed by atoms with Crippen LogP contribution in [0.2, 0.25) is 0 Å². The molecule has 1 fully saturated rings. The zero-order valence-electron chi connectivity index (χ0n) is 10.5. The molecule has 98 valence electrons. The molecule has 0 bridgehead atoms. The molecule has 0 radical (unpaired) electrons. The van der Waals surface area contributed by atoms with Gasteiger partial charge in [-0.25, -0.2) is 4.98 Å². The zero-order chi connectivity index (χ0) is 13.2. The smallest absolute Gasteiger partial charge is 0.172 e. The third-order valence-electron chi connectivity index (χ3n) is 3.52. The number of rotatable bonds is 3. The van der Waals surface area contributed by atoms with E-state index in [9.17, 15) is 9.90 Å². The number of fused-ring (bicyclic) bond motifs is 1. The van der Waals surface area contributed by atoms with Gasteiger partial charge in [0.1, 0.15) is 17.5 Å². The molecule has 0 spiro atoms. The van der Waals surface area contributed by atoms with Crippen molar-refractivity contribution in [3.8, 4) is 5.75 Å². The summed E-state index contributed by atoms with van der Waals surface area (Å²) >= 11 is 0. The average Bonchev–Trinajstić information content (AvgIpc) is 2.83. The van der Waals surface area contributed by atoms with E-state index in [0.29, 0.717) is 12.0 Å². The number of para-hydroxylation sites is 1. The van der Waals surface area contributed by atoms with Crippen molar-refractivity contribution in [2.75, 3.05) is 0 Å². The fourth-order valence-corrected chi connectivity index (χ4v) is 2.50. The lowest BCUT2D eigenvalue weighted by atomic mass is 10.2. The summed E-state index contributed by atoms with van der Waals surface area (Å²) in [5, 5.41) is 10.7. The molecule has 1 saturated carbocycles. The lowest BCUT2D eigenvalue weighted by molar-refractivity contribution is 0.0595. The number of hydrogen-bond donors (Lipinski definition) is 1. The summed E-state index contributed by atoms with van der Waals surface area (Å²) in [7, 11) is 0. The highest BCUT2D eigenvalue weighted by molar-refractivity contribution is 5.86. The van der Waals surface area contributed by atoms with Crippen molar-refractivity contribution < 1.29 is 14.6 Å². The maximum atomic E-state index is 11.1. The fraction of sp³-hybridized carbons (Fsp3) is 0.333.